The van der Waals surface area contributed by atoms with Crippen molar-refractivity contribution in [2.75, 3.05) is 5.32 Å². The summed E-state index contributed by atoms with van der Waals surface area (Å²) in [6.07, 6.45) is 1.77. The van der Waals surface area contributed by atoms with Crippen molar-refractivity contribution in [3.63, 3.8) is 0 Å². The molecule has 0 radical (unpaired) electrons. The molecule has 0 aliphatic rings. The number of halogens is 1. The molecule has 2 aromatic heterocycles. The molecule has 0 spiro atoms. The van der Waals surface area contributed by atoms with E-state index in [1.165, 1.54) is 0 Å². The Morgan fingerprint density at radius 3 is 2.26 bits per heavy atom. The van der Waals surface area contributed by atoms with Crippen LogP contribution in [-0.2, 0) is 6.54 Å². The molecule has 35 heavy (non-hydrogen) atoms. The SMILES string of the molecule is Cc1nn(Cc2ccccc2Cl)c(C)c1NC(=O)c1cn(-c2ccccc2)nc1-c1ccccc1. The lowest BCUT2D eigenvalue weighted by atomic mass is 10.1. The molecule has 0 unspecified atom stereocenters. The van der Waals surface area contributed by atoms with Crippen LogP contribution >= 0.6 is 11.6 Å². The summed E-state index contributed by atoms with van der Waals surface area (Å²) in [5.74, 6) is -0.241. The van der Waals surface area contributed by atoms with Crippen molar-refractivity contribution in [3.05, 3.63) is 119 Å². The molecule has 174 valence electrons. The molecule has 1 amide bonds. The highest BCUT2D eigenvalue weighted by atomic mass is 35.5. The highest BCUT2D eigenvalue weighted by Crippen LogP contribution is 2.27. The molecule has 6 nitrogen and oxygen atoms in total. The number of carbonyl (C=O) groups is 1. The first-order chi connectivity index (χ1) is 17.0. The summed E-state index contributed by atoms with van der Waals surface area (Å²) in [6.45, 7) is 4.35. The monoisotopic (exact) mass is 481 g/mol. The molecular weight excluding hydrogens is 458 g/mol. The minimum absolute atomic E-state index is 0.241. The second kappa shape index (κ2) is 9.60. The van der Waals surface area contributed by atoms with Crippen LogP contribution in [0, 0.1) is 13.8 Å². The summed E-state index contributed by atoms with van der Waals surface area (Å²) in [5, 5.41) is 13.2. The van der Waals surface area contributed by atoms with Gasteiger partial charge in [-0.3, -0.25) is 9.48 Å². The van der Waals surface area contributed by atoms with Crippen LogP contribution in [0.1, 0.15) is 27.3 Å². The maximum atomic E-state index is 13.6. The van der Waals surface area contributed by atoms with Crippen LogP contribution in [0.15, 0.2) is 91.1 Å². The van der Waals surface area contributed by atoms with Crippen molar-refractivity contribution < 1.29 is 4.79 Å². The minimum Gasteiger partial charge on any atom is -0.319 e. The van der Waals surface area contributed by atoms with Crippen molar-refractivity contribution in [2.45, 2.75) is 20.4 Å². The quantitative estimate of drug-likeness (QED) is 0.309. The average molecular weight is 482 g/mol. The van der Waals surface area contributed by atoms with Gasteiger partial charge in [0.15, 0.2) is 0 Å². The van der Waals surface area contributed by atoms with Gasteiger partial charge in [-0.2, -0.15) is 10.2 Å². The highest BCUT2D eigenvalue weighted by molar-refractivity contribution is 6.31. The van der Waals surface area contributed by atoms with E-state index in [-0.39, 0.29) is 5.91 Å². The summed E-state index contributed by atoms with van der Waals surface area (Å²) < 4.78 is 3.59. The number of hydrogen-bond donors (Lipinski definition) is 1. The van der Waals surface area contributed by atoms with Gasteiger partial charge in [0.25, 0.3) is 5.91 Å². The van der Waals surface area contributed by atoms with Crippen LogP contribution in [0.5, 0.6) is 0 Å². The van der Waals surface area contributed by atoms with E-state index < -0.39 is 0 Å². The van der Waals surface area contributed by atoms with Crippen molar-refractivity contribution in [1.29, 1.82) is 0 Å². The molecule has 0 saturated heterocycles. The van der Waals surface area contributed by atoms with Gasteiger partial charge < -0.3 is 5.32 Å². The standard InChI is InChI=1S/C28H24ClN5O/c1-19-26(20(2)33(31-19)17-22-13-9-10-16-25(22)29)30-28(35)24-18-34(23-14-7-4-8-15-23)32-27(24)21-11-5-3-6-12-21/h3-16,18H,17H2,1-2H3,(H,30,35). The fourth-order valence-electron chi connectivity index (χ4n) is 4.06. The Kier molecular flexibility index (Phi) is 6.21. The lowest BCUT2D eigenvalue weighted by molar-refractivity contribution is 0.102. The summed E-state index contributed by atoms with van der Waals surface area (Å²) in [7, 11) is 0. The van der Waals surface area contributed by atoms with Crippen molar-refractivity contribution in [2.24, 2.45) is 0 Å². The molecule has 0 aliphatic carbocycles. The van der Waals surface area contributed by atoms with Crippen molar-refractivity contribution >= 4 is 23.2 Å². The zero-order valence-electron chi connectivity index (χ0n) is 19.4. The summed E-state index contributed by atoms with van der Waals surface area (Å²) >= 11 is 6.35. The second-order valence-electron chi connectivity index (χ2n) is 8.29. The van der Waals surface area contributed by atoms with Crippen molar-refractivity contribution in [3.8, 4) is 16.9 Å². The van der Waals surface area contributed by atoms with Crippen LogP contribution in [-0.4, -0.2) is 25.5 Å². The maximum absolute atomic E-state index is 13.6. The molecular formula is C28H24ClN5O. The van der Waals surface area contributed by atoms with Gasteiger partial charge in [0, 0.05) is 16.8 Å². The van der Waals surface area contributed by atoms with E-state index >= 15 is 0 Å². The number of anilines is 1. The Bertz CT molecular complexity index is 1490. The Morgan fingerprint density at radius 2 is 1.54 bits per heavy atom. The van der Waals surface area contributed by atoms with Crippen LogP contribution in [0.25, 0.3) is 16.9 Å². The molecule has 3 aromatic carbocycles. The molecule has 7 heteroatoms. The van der Waals surface area contributed by atoms with Crippen LogP contribution < -0.4 is 5.32 Å². The van der Waals surface area contributed by atoms with E-state index in [1.54, 1.807) is 10.9 Å². The Hall–Kier alpha value is -4.16. The zero-order valence-corrected chi connectivity index (χ0v) is 20.2. The van der Waals surface area contributed by atoms with Gasteiger partial charge in [-0.05, 0) is 37.6 Å². The Labute approximate surface area is 208 Å². The van der Waals surface area contributed by atoms with Gasteiger partial charge in [0.2, 0.25) is 0 Å². The number of para-hydroxylation sites is 1. The predicted octanol–water partition coefficient (Wildman–Crippen LogP) is 6.31. The lowest BCUT2D eigenvalue weighted by Gasteiger charge is -2.08. The average Bonchev–Trinajstić information content (AvgIpc) is 3.44. The molecule has 0 bridgehead atoms. The normalized spacial score (nSPS) is 10.9. The molecule has 0 aliphatic heterocycles. The van der Waals surface area contributed by atoms with E-state index in [9.17, 15) is 4.79 Å². The van der Waals surface area contributed by atoms with Gasteiger partial charge >= 0.3 is 0 Å². The van der Waals surface area contributed by atoms with Crippen LogP contribution in [0.4, 0.5) is 5.69 Å². The van der Waals surface area contributed by atoms with Gasteiger partial charge in [0.05, 0.1) is 34.9 Å². The van der Waals surface area contributed by atoms with E-state index in [1.807, 2.05) is 103 Å². The molecule has 0 atom stereocenters. The zero-order chi connectivity index (χ0) is 24.4. The van der Waals surface area contributed by atoms with Gasteiger partial charge in [0.1, 0.15) is 5.69 Å². The van der Waals surface area contributed by atoms with Crippen molar-refractivity contribution in [1.82, 2.24) is 19.6 Å². The third kappa shape index (κ3) is 4.61. The third-order valence-electron chi connectivity index (χ3n) is 5.92. The van der Waals surface area contributed by atoms with Crippen LogP contribution in [0.3, 0.4) is 0 Å². The summed E-state index contributed by atoms with van der Waals surface area (Å²) in [4.78, 5) is 13.6. The Morgan fingerprint density at radius 1 is 0.886 bits per heavy atom. The summed E-state index contributed by atoms with van der Waals surface area (Å²) in [5.41, 5.74) is 6.09. The van der Waals surface area contributed by atoms with E-state index in [2.05, 4.69) is 10.4 Å². The van der Waals surface area contributed by atoms with E-state index in [4.69, 9.17) is 16.7 Å². The Balaban J connectivity index is 1.49. The number of nitrogens with one attached hydrogen (secondary N) is 1. The fourth-order valence-corrected chi connectivity index (χ4v) is 4.26. The van der Waals surface area contributed by atoms with Crippen LogP contribution in [0.2, 0.25) is 5.02 Å². The second-order valence-corrected chi connectivity index (χ2v) is 8.69. The first kappa shape index (κ1) is 22.6. The highest BCUT2D eigenvalue weighted by Gasteiger charge is 2.22. The largest absolute Gasteiger partial charge is 0.319 e. The number of nitrogens with zero attached hydrogens (tertiary/aromatic N) is 4. The molecule has 0 fully saturated rings. The van der Waals surface area contributed by atoms with Gasteiger partial charge in [-0.1, -0.05) is 78.3 Å². The van der Waals surface area contributed by atoms with Gasteiger partial charge in [-0.15, -0.1) is 0 Å². The first-order valence-electron chi connectivity index (χ1n) is 11.3. The number of rotatable bonds is 6. The first-order valence-corrected chi connectivity index (χ1v) is 11.7. The summed E-state index contributed by atoms with van der Waals surface area (Å²) in [6, 6.07) is 27.1. The van der Waals surface area contributed by atoms with E-state index in [0.717, 1.165) is 28.2 Å². The smallest absolute Gasteiger partial charge is 0.259 e. The number of aryl methyl sites for hydroxylation is 1. The molecule has 2 heterocycles. The lowest BCUT2D eigenvalue weighted by Crippen LogP contribution is -2.14. The minimum atomic E-state index is -0.241. The molecule has 5 rings (SSSR count). The number of aromatic nitrogens is 4. The fraction of sp³-hybridized carbons (Fsp3) is 0.107. The van der Waals surface area contributed by atoms with E-state index in [0.29, 0.717) is 28.5 Å². The van der Waals surface area contributed by atoms with Gasteiger partial charge in [-0.25, -0.2) is 4.68 Å². The third-order valence-corrected chi connectivity index (χ3v) is 6.29. The number of benzene rings is 3. The number of amides is 1. The number of carbonyl (C=O) groups excluding carboxylic acids is 1. The topological polar surface area (TPSA) is 64.7 Å². The molecule has 1 N–H and O–H groups in total. The predicted molar refractivity (Wildman–Crippen MR) is 139 cm³/mol. The maximum Gasteiger partial charge on any atom is 0.259 e. The number of hydrogen-bond acceptors (Lipinski definition) is 3. The molecule has 0 saturated carbocycles. The molecule has 5 aromatic rings.